The number of thiol groups is 1. The maximum absolute atomic E-state index is 11.0. The van der Waals surface area contributed by atoms with Gasteiger partial charge in [0.1, 0.15) is 4.75 Å². The fourth-order valence-corrected chi connectivity index (χ4v) is 1.83. The quantitative estimate of drug-likeness (QED) is 0.483. The summed E-state index contributed by atoms with van der Waals surface area (Å²) >= 11 is 4.13. The van der Waals surface area contributed by atoms with Crippen molar-refractivity contribution in [2.75, 3.05) is 0 Å². The van der Waals surface area contributed by atoms with Gasteiger partial charge < -0.3 is 11.1 Å². The number of primary amides is 1. The molecule has 5 heteroatoms. The first-order valence-corrected chi connectivity index (χ1v) is 4.20. The van der Waals surface area contributed by atoms with Gasteiger partial charge in [0.15, 0.2) is 0 Å². The summed E-state index contributed by atoms with van der Waals surface area (Å²) in [6.45, 7) is 1.82. The average Bonchev–Trinajstić information content (AvgIpc) is 1.82. The van der Waals surface area contributed by atoms with Gasteiger partial charge in [-0.1, -0.05) is 0 Å². The zero-order valence-electron chi connectivity index (χ0n) is 6.83. The molecule has 0 aromatic rings. The minimum atomic E-state index is -0.957. The van der Waals surface area contributed by atoms with Gasteiger partial charge in [0, 0.05) is 12.5 Å². The van der Waals surface area contributed by atoms with E-state index in [2.05, 4.69) is 17.9 Å². The van der Waals surface area contributed by atoms with E-state index in [0.29, 0.717) is 6.42 Å². The number of piperidine rings is 1. The van der Waals surface area contributed by atoms with E-state index >= 15 is 0 Å². The summed E-state index contributed by atoms with van der Waals surface area (Å²) in [5, 5.41) is 2.69. The maximum atomic E-state index is 11.0. The van der Waals surface area contributed by atoms with Crippen LogP contribution in [0, 0.1) is 0 Å². The highest BCUT2D eigenvalue weighted by Gasteiger charge is 2.40. The van der Waals surface area contributed by atoms with Crippen molar-refractivity contribution in [3.63, 3.8) is 0 Å². The number of nitrogens with one attached hydrogen (secondary N) is 1. The molecule has 0 aromatic carbocycles. The first-order valence-electron chi connectivity index (χ1n) is 3.76. The predicted octanol–water partition coefficient (Wildman–Crippen LogP) is -0.561. The molecule has 12 heavy (non-hydrogen) atoms. The molecule has 4 nitrogen and oxygen atoms in total. The molecule has 1 fully saturated rings. The Labute approximate surface area is 76.3 Å². The molecule has 2 amide bonds. The van der Waals surface area contributed by atoms with Crippen LogP contribution in [0.1, 0.15) is 19.8 Å². The number of hydrogen-bond donors (Lipinski definition) is 3. The second-order valence-corrected chi connectivity index (χ2v) is 4.10. The third-order valence-electron chi connectivity index (χ3n) is 1.96. The number of hydrogen-bond acceptors (Lipinski definition) is 3. The van der Waals surface area contributed by atoms with Gasteiger partial charge in [-0.15, -0.1) is 0 Å². The van der Waals surface area contributed by atoms with Gasteiger partial charge in [-0.2, -0.15) is 12.6 Å². The second-order valence-electron chi connectivity index (χ2n) is 3.25. The fourth-order valence-electron chi connectivity index (χ4n) is 1.41. The van der Waals surface area contributed by atoms with E-state index in [-0.39, 0.29) is 18.4 Å². The molecule has 1 aliphatic rings. The molecule has 68 valence electrons. The summed E-state index contributed by atoms with van der Waals surface area (Å²) in [6, 6.07) is -0.0313. The number of carbonyl (C=O) groups excluding carboxylic acids is 2. The van der Waals surface area contributed by atoms with Crippen LogP contribution >= 0.6 is 12.6 Å². The highest BCUT2D eigenvalue weighted by Crippen LogP contribution is 2.28. The molecular formula is C7H12N2O2S. The molecule has 1 rings (SSSR count). The van der Waals surface area contributed by atoms with E-state index in [0.717, 1.165) is 0 Å². The fraction of sp³-hybridized carbons (Fsp3) is 0.714. The van der Waals surface area contributed by atoms with Gasteiger partial charge in [-0.05, 0) is 13.3 Å². The van der Waals surface area contributed by atoms with E-state index in [4.69, 9.17) is 5.73 Å². The zero-order valence-corrected chi connectivity index (χ0v) is 7.73. The smallest absolute Gasteiger partial charge is 0.234 e. The Morgan fingerprint density at radius 2 is 2.42 bits per heavy atom. The maximum Gasteiger partial charge on any atom is 0.234 e. The summed E-state index contributed by atoms with van der Waals surface area (Å²) < 4.78 is -0.957. The van der Waals surface area contributed by atoms with Crippen molar-refractivity contribution in [2.45, 2.75) is 30.6 Å². The highest BCUT2D eigenvalue weighted by molar-refractivity contribution is 7.82. The lowest BCUT2D eigenvalue weighted by molar-refractivity contribution is -0.129. The van der Waals surface area contributed by atoms with Gasteiger partial charge in [-0.25, -0.2) is 0 Å². The Hall–Kier alpha value is -0.710. The molecule has 2 atom stereocenters. The number of carbonyl (C=O) groups is 2. The van der Waals surface area contributed by atoms with Crippen LogP contribution < -0.4 is 11.1 Å². The SMILES string of the molecule is C[C@H]1CC(S)(C(N)=O)CC(=O)N1. The van der Waals surface area contributed by atoms with Crippen molar-refractivity contribution in [1.29, 1.82) is 0 Å². The molecule has 1 unspecified atom stereocenters. The van der Waals surface area contributed by atoms with Gasteiger partial charge in [0.05, 0.1) is 0 Å². The minimum Gasteiger partial charge on any atom is -0.368 e. The summed E-state index contributed by atoms with van der Waals surface area (Å²) in [5.74, 6) is -0.685. The Morgan fingerprint density at radius 1 is 1.83 bits per heavy atom. The lowest BCUT2D eigenvalue weighted by Gasteiger charge is -2.33. The van der Waals surface area contributed by atoms with Crippen LogP contribution in [0.15, 0.2) is 0 Å². The number of amides is 2. The van der Waals surface area contributed by atoms with E-state index in [1.54, 1.807) is 0 Å². The van der Waals surface area contributed by atoms with Crippen molar-refractivity contribution >= 4 is 24.4 Å². The van der Waals surface area contributed by atoms with Crippen LogP contribution in [0.3, 0.4) is 0 Å². The monoisotopic (exact) mass is 188 g/mol. The molecule has 3 N–H and O–H groups in total. The molecule has 0 saturated carbocycles. The van der Waals surface area contributed by atoms with Gasteiger partial charge in [0.2, 0.25) is 11.8 Å². The molecule has 1 aliphatic heterocycles. The van der Waals surface area contributed by atoms with E-state index in [1.807, 2.05) is 6.92 Å². The average molecular weight is 188 g/mol. The van der Waals surface area contributed by atoms with Gasteiger partial charge >= 0.3 is 0 Å². The molecule has 0 bridgehead atoms. The van der Waals surface area contributed by atoms with E-state index < -0.39 is 10.7 Å². The van der Waals surface area contributed by atoms with Gasteiger partial charge in [-0.3, -0.25) is 9.59 Å². The molecule has 0 spiro atoms. The van der Waals surface area contributed by atoms with Crippen molar-refractivity contribution in [3.8, 4) is 0 Å². The Balaban J connectivity index is 2.78. The Morgan fingerprint density at radius 3 is 2.83 bits per heavy atom. The molecule has 0 radical (unpaired) electrons. The number of rotatable bonds is 1. The van der Waals surface area contributed by atoms with Crippen molar-refractivity contribution in [1.82, 2.24) is 5.32 Å². The molecular weight excluding hydrogens is 176 g/mol. The topological polar surface area (TPSA) is 72.2 Å². The second kappa shape index (κ2) is 2.97. The predicted molar refractivity (Wildman–Crippen MR) is 47.8 cm³/mol. The first-order chi connectivity index (χ1) is 5.44. The van der Waals surface area contributed by atoms with Crippen LogP contribution in [0.25, 0.3) is 0 Å². The third-order valence-corrected chi connectivity index (χ3v) is 2.52. The summed E-state index contributed by atoms with van der Waals surface area (Å²) in [6.07, 6.45) is 0.576. The van der Waals surface area contributed by atoms with Crippen molar-refractivity contribution in [2.24, 2.45) is 5.73 Å². The summed E-state index contributed by atoms with van der Waals surface area (Å²) in [4.78, 5) is 22.0. The van der Waals surface area contributed by atoms with Crippen molar-refractivity contribution < 1.29 is 9.59 Å². The standard InChI is InChI=1S/C7H12N2O2S/c1-4-2-7(12,6(8)11)3-5(10)9-4/h4,12H,2-3H2,1H3,(H2,8,11)(H,9,10)/t4-,7?/m0/s1. The Bertz CT molecular complexity index is 231. The molecule has 0 aromatic heterocycles. The van der Waals surface area contributed by atoms with Crippen LogP contribution in [0.2, 0.25) is 0 Å². The lowest BCUT2D eigenvalue weighted by atomic mass is 9.91. The first kappa shape index (κ1) is 9.38. The zero-order chi connectivity index (χ0) is 9.35. The highest BCUT2D eigenvalue weighted by atomic mass is 32.1. The summed E-state index contributed by atoms with van der Waals surface area (Å²) in [5.41, 5.74) is 5.13. The van der Waals surface area contributed by atoms with Crippen LogP contribution in [0.4, 0.5) is 0 Å². The minimum absolute atomic E-state index is 0.0313. The summed E-state index contributed by atoms with van der Waals surface area (Å²) in [7, 11) is 0. The van der Waals surface area contributed by atoms with Crippen LogP contribution in [-0.4, -0.2) is 22.6 Å². The van der Waals surface area contributed by atoms with E-state index in [1.165, 1.54) is 0 Å². The van der Waals surface area contributed by atoms with Gasteiger partial charge in [0.25, 0.3) is 0 Å². The van der Waals surface area contributed by atoms with Crippen molar-refractivity contribution in [3.05, 3.63) is 0 Å². The third kappa shape index (κ3) is 1.72. The molecule has 1 heterocycles. The normalized spacial score (nSPS) is 35.8. The number of nitrogens with two attached hydrogens (primary N) is 1. The van der Waals surface area contributed by atoms with Crippen LogP contribution in [0.5, 0.6) is 0 Å². The lowest BCUT2D eigenvalue weighted by Crippen LogP contribution is -2.53. The largest absolute Gasteiger partial charge is 0.368 e. The molecule has 1 saturated heterocycles. The molecule has 0 aliphatic carbocycles. The Kier molecular flexibility index (Phi) is 2.32. The van der Waals surface area contributed by atoms with Crippen LogP contribution in [-0.2, 0) is 9.59 Å². The van der Waals surface area contributed by atoms with E-state index in [9.17, 15) is 9.59 Å².